The summed E-state index contributed by atoms with van der Waals surface area (Å²) in [4.78, 5) is 21.9. The van der Waals surface area contributed by atoms with Gasteiger partial charge >= 0.3 is 0 Å². The summed E-state index contributed by atoms with van der Waals surface area (Å²) in [7, 11) is 1.69. The molecule has 0 N–H and O–H groups in total. The number of rotatable bonds is 4. The molecule has 0 atom stereocenters. The second-order valence-electron chi connectivity index (χ2n) is 9.24. The molecule has 2 heterocycles. The van der Waals surface area contributed by atoms with E-state index >= 15 is 0 Å². The normalized spacial score (nSPS) is 18.4. The maximum Gasteiger partial charge on any atom is 0.286 e. The van der Waals surface area contributed by atoms with Crippen molar-refractivity contribution >= 4 is 34.6 Å². The topological polar surface area (TPSA) is 45.1 Å². The quantitative estimate of drug-likeness (QED) is 0.575. The standard InChI is InChI=1S/C27H31N3O2S/c1-27(2,3)21-13-11-20(12-14-21)7-5-10-24-25(31)28-26(33-24)30-17-15-29(16-18-30)22-8-6-9-23(19-22)32-4/h5-14,19H,15-18H2,1-4H3/b7-5+,24-10+. The largest absolute Gasteiger partial charge is 0.497 e. The maximum atomic E-state index is 12.4. The van der Waals surface area contributed by atoms with Crippen LogP contribution in [0.4, 0.5) is 5.69 Å². The van der Waals surface area contributed by atoms with Crippen LogP contribution in [0.3, 0.4) is 0 Å². The molecule has 172 valence electrons. The molecular formula is C27H31N3O2S. The van der Waals surface area contributed by atoms with Gasteiger partial charge in [-0.25, -0.2) is 0 Å². The summed E-state index contributed by atoms with van der Waals surface area (Å²) in [6.45, 7) is 10.1. The van der Waals surface area contributed by atoms with Crippen LogP contribution in [0.15, 0.2) is 70.6 Å². The van der Waals surface area contributed by atoms with Crippen molar-refractivity contribution in [3.05, 3.63) is 76.7 Å². The molecule has 2 aliphatic rings. The number of amidine groups is 1. The molecule has 0 spiro atoms. The highest BCUT2D eigenvalue weighted by molar-refractivity contribution is 8.18. The van der Waals surface area contributed by atoms with Gasteiger partial charge in [-0.2, -0.15) is 4.99 Å². The number of hydrogen-bond acceptors (Lipinski definition) is 5. The second-order valence-corrected chi connectivity index (χ2v) is 10.2. The van der Waals surface area contributed by atoms with Crippen molar-refractivity contribution in [1.82, 2.24) is 4.90 Å². The Kier molecular flexibility index (Phi) is 6.94. The summed E-state index contributed by atoms with van der Waals surface area (Å²) in [6, 6.07) is 16.7. The number of carbonyl (C=O) groups is 1. The molecule has 2 aromatic carbocycles. The minimum Gasteiger partial charge on any atom is -0.497 e. The summed E-state index contributed by atoms with van der Waals surface area (Å²) < 4.78 is 5.34. The zero-order chi connectivity index (χ0) is 23.4. The Labute approximate surface area is 200 Å². The van der Waals surface area contributed by atoms with Crippen molar-refractivity contribution in [3.63, 3.8) is 0 Å². The van der Waals surface area contributed by atoms with Crippen LogP contribution in [0.2, 0.25) is 0 Å². The molecule has 1 saturated heterocycles. The minimum absolute atomic E-state index is 0.143. The number of piperazine rings is 1. The second kappa shape index (κ2) is 9.87. The molecule has 5 nitrogen and oxygen atoms in total. The number of ether oxygens (including phenoxy) is 1. The van der Waals surface area contributed by atoms with E-state index in [1.807, 2.05) is 30.4 Å². The van der Waals surface area contributed by atoms with Crippen molar-refractivity contribution < 1.29 is 9.53 Å². The van der Waals surface area contributed by atoms with Gasteiger partial charge in [-0.1, -0.05) is 63.3 Å². The van der Waals surface area contributed by atoms with Crippen LogP contribution in [0.25, 0.3) is 6.08 Å². The fourth-order valence-electron chi connectivity index (χ4n) is 3.85. The van der Waals surface area contributed by atoms with Gasteiger partial charge in [0.2, 0.25) is 0 Å². The summed E-state index contributed by atoms with van der Waals surface area (Å²) >= 11 is 1.47. The summed E-state index contributed by atoms with van der Waals surface area (Å²) in [5.74, 6) is 0.710. The lowest BCUT2D eigenvalue weighted by Crippen LogP contribution is -2.47. The summed E-state index contributed by atoms with van der Waals surface area (Å²) in [5.41, 5.74) is 3.73. The van der Waals surface area contributed by atoms with E-state index in [2.05, 4.69) is 72.0 Å². The molecule has 0 saturated carbocycles. The number of aliphatic imine (C=N–C) groups is 1. The maximum absolute atomic E-state index is 12.4. The Bertz CT molecular complexity index is 1090. The Morgan fingerprint density at radius 2 is 1.70 bits per heavy atom. The van der Waals surface area contributed by atoms with E-state index in [9.17, 15) is 4.79 Å². The molecule has 1 fully saturated rings. The van der Waals surface area contributed by atoms with Gasteiger partial charge in [0.15, 0.2) is 5.17 Å². The smallest absolute Gasteiger partial charge is 0.286 e. The van der Waals surface area contributed by atoms with E-state index in [0.29, 0.717) is 4.91 Å². The lowest BCUT2D eigenvalue weighted by Gasteiger charge is -2.36. The molecule has 1 amide bonds. The predicted octanol–water partition coefficient (Wildman–Crippen LogP) is 5.34. The van der Waals surface area contributed by atoms with Gasteiger partial charge in [0.25, 0.3) is 5.91 Å². The lowest BCUT2D eigenvalue weighted by atomic mass is 9.87. The van der Waals surface area contributed by atoms with Gasteiger partial charge in [0.1, 0.15) is 5.75 Å². The van der Waals surface area contributed by atoms with Crippen molar-refractivity contribution in [2.24, 2.45) is 4.99 Å². The first-order valence-corrected chi connectivity index (χ1v) is 12.1. The van der Waals surface area contributed by atoms with Crippen LogP contribution in [0.5, 0.6) is 5.75 Å². The number of anilines is 1. The van der Waals surface area contributed by atoms with Crippen molar-refractivity contribution in [2.75, 3.05) is 38.2 Å². The van der Waals surface area contributed by atoms with Gasteiger partial charge in [-0.15, -0.1) is 0 Å². The van der Waals surface area contributed by atoms with Crippen LogP contribution < -0.4 is 9.64 Å². The van der Waals surface area contributed by atoms with Crippen LogP contribution in [-0.2, 0) is 10.2 Å². The van der Waals surface area contributed by atoms with Gasteiger partial charge in [0.05, 0.1) is 12.0 Å². The number of thioether (sulfide) groups is 1. The van der Waals surface area contributed by atoms with E-state index < -0.39 is 0 Å². The fourth-order valence-corrected chi connectivity index (χ4v) is 4.77. The zero-order valence-electron chi connectivity index (χ0n) is 19.7. The molecule has 4 rings (SSSR count). The molecule has 6 heteroatoms. The molecule has 2 aromatic rings. The van der Waals surface area contributed by atoms with E-state index in [4.69, 9.17) is 4.74 Å². The van der Waals surface area contributed by atoms with Gasteiger partial charge in [-0.3, -0.25) is 4.79 Å². The van der Waals surface area contributed by atoms with Crippen molar-refractivity contribution in [3.8, 4) is 5.75 Å². The number of methoxy groups -OCH3 is 1. The number of hydrogen-bond donors (Lipinski definition) is 0. The van der Waals surface area contributed by atoms with Crippen LogP contribution >= 0.6 is 11.8 Å². The Morgan fingerprint density at radius 3 is 2.36 bits per heavy atom. The predicted molar refractivity (Wildman–Crippen MR) is 139 cm³/mol. The number of allylic oxidation sites excluding steroid dienone is 2. The molecule has 0 unspecified atom stereocenters. The average Bonchev–Trinajstić information content (AvgIpc) is 3.19. The van der Waals surface area contributed by atoms with E-state index in [0.717, 1.165) is 48.3 Å². The number of amides is 1. The number of carbonyl (C=O) groups excluding carboxylic acids is 1. The number of benzene rings is 2. The minimum atomic E-state index is -0.155. The highest BCUT2D eigenvalue weighted by atomic mass is 32.2. The van der Waals surface area contributed by atoms with Gasteiger partial charge in [0, 0.05) is 37.9 Å². The molecule has 0 radical (unpaired) electrons. The summed E-state index contributed by atoms with van der Waals surface area (Å²) in [6.07, 6.45) is 5.83. The monoisotopic (exact) mass is 461 g/mol. The van der Waals surface area contributed by atoms with E-state index in [1.165, 1.54) is 17.3 Å². The average molecular weight is 462 g/mol. The zero-order valence-corrected chi connectivity index (χ0v) is 20.6. The molecule has 0 bridgehead atoms. The highest BCUT2D eigenvalue weighted by Crippen LogP contribution is 2.30. The first kappa shape index (κ1) is 23.2. The Balaban J connectivity index is 1.33. The highest BCUT2D eigenvalue weighted by Gasteiger charge is 2.28. The molecule has 0 aliphatic carbocycles. The lowest BCUT2D eigenvalue weighted by molar-refractivity contribution is -0.113. The first-order valence-electron chi connectivity index (χ1n) is 11.3. The Morgan fingerprint density at radius 1 is 1.00 bits per heavy atom. The molecule has 0 aromatic heterocycles. The van der Waals surface area contributed by atoms with Crippen LogP contribution in [0.1, 0.15) is 31.9 Å². The van der Waals surface area contributed by atoms with E-state index in [1.54, 1.807) is 7.11 Å². The molecule has 33 heavy (non-hydrogen) atoms. The molecular weight excluding hydrogens is 430 g/mol. The SMILES string of the molecule is COc1cccc(N2CCN(C3=NC(=O)/C(=C\C=C\c4ccc(C(C)(C)C)cc4)S3)CC2)c1. The van der Waals surface area contributed by atoms with Crippen LogP contribution in [-0.4, -0.2) is 49.3 Å². The summed E-state index contributed by atoms with van der Waals surface area (Å²) in [5, 5.41) is 0.805. The van der Waals surface area contributed by atoms with E-state index in [-0.39, 0.29) is 11.3 Å². The third kappa shape index (κ3) is 5.69. The van der Waals surface area contributed by atoms with Gasteiger partial charge < -0.3 is 14.5 Å². The fraction of sp³-hybridized carbons (Fsp3) is 0.333. The third-order valence-electron chi connectivity index (χ3n) is 5.89. The Hall–Kier alpha value is -2.99. The first-order chi connectivity index (χ1) is 15.8. The van der Waals surface area contributed by atoms with Crippen molar-refractivity contribution in [2.45, 2.75) is 26.2 Å². The third-order valence-corrected chi connectivity index (χ3v) is 6.95. The van der Waals surface area contributed by atoms with Gasteiger partial charge in [-0.05, 0) is 46.5 Å². The molecule has 2 aliphatic heterocycles. The van der Waals surface area contributed by atoms with Crippen molar-refractivity contribution in [1.29, 1.82) is 0 Å². The van der Waals surface area contributed by atoms with Crippen LogP contribution in [0, 0.1) is 0 Å². The number of nitrogens with zero attached hydrogens (tertiary/aromatic N) is 3.